The molecule has 2 aromatic carbocycles. The van der Waals surface area contributed by atoms with Gasteiger partial charge in [0, 0.05) is 23.1 Å². The van der Waals surface area contributed by atoms with Gasteiger partial charge in [0.1, 0.15) is 11.2 Å². The molecule has 1 aliphatic heterocycles. The summed E-state index contributed by atoms with van der Waals surface area (Å²) in [5.74, 6) is 0.236. The summed E-state index contributed by atoms with van der Waals surface area (Å²) in [7, 11) is 0. The molecule has 162 valence electrons. The molecule has 1 atom stereocenters. The first-order valence-corrected chi connectivity index (χ1v) is 11.0. The first-order valence-electron chi connectivity index (χ1n) is 11.0. The summed E-state index contributed by atoms with van der Waals surface area (Å²) in [5.41, 5.74) is 3.39. The number of amides is 2. The van der Waals surface area contributed by atoms with Crippen molar-refractivity contribution in [2.75, 3.05) is 11.4 Å². The molecule has 5 nitrogen and oxygen atoms in total. The Labute approximate surface area is 184 Å². The Balaban J connectivity index is 1.85. The van der Waals surface area contributed by atoms with Crippen molar-refractivity contribution >= 4 is 28.4 Å². The van der Waals surface area contributed by atoms with Crippen molar-refractivity contribution < 1.29 is 9.59 Å². The second-order valence-corrected chi connectivity index (χ2v) is 9.32. The number of anilines is 1. The van der Waals surface area contributed by atoms with Gasteiger partial charge in [-0.25, -0.2) is 0 Å². The van der Waals surface area contributed by atoms with Crippen LogP contribution >= 0.6 is 0 Å². The van der Waals surface area contributed by atoms with Crippen LogP contribution in [0.15, 0.2) is 48.5 Å². The van der Waals surface area contributed by atoms with E-state index < -0.39 is 5.54 Å². The molecular formula is C26H31N3O2. The Morgan fingerprint density at radius 2 is 1.87 bits per heavy atom. The molecule has 0 aliphatic carbocycles. The summed E-state index contributed by atoms with van der Waals surface area (Å²) >= 11 is 0. The van der Waals surface area contributed by atoms with Gasteiger partial charge in [0.25, 0.3) is 5.91 Å². The second kappa shape index (κ2) is 7.88. The quantitative estimate of drug-likeness (QED) is 0.646. The highest BCUT2D eigenvalue weighted by Gasteiger charge is 2.48. The van der Waals surface area contributed by atoms with Crippen molar-refractivity contribution in [3.63, 3.8) is 0 Å². The first-order chi connectivity index (χ1) is 14.7. The number of para-hydroxylation sites is 1. The van der Waals surface area contributed by atoms with Crippen LogP contribution in [-0.4, -0.2) is 28.5 Å². The Morgan fingerprint density at radius 3 is 2.61 bits per heavy atom. The van der Waals surface area contributed by atoms with Crippen LogP contribution in [0.4, 0.5) is 5.69 Å². The zero-order valence-corrected chi connectivity index (χ0v) is 19.0. The third kappa shape index (κ3) is 3.62. The molecule has 3 aromatic rings. The van der Waals surface area contributed by atoms with E-state index in [1.807, 2.05) is 73.9 Å². The molecule has 1 aromatic heterocycles. The molecule has 31 heavy (non-hydrogen) atoms. The van der Waals surface area contributed by atoms with Crippen LogP contribution in [0, 0.1) is 19.8 Å². The van der Waals surface area contributed by atoms with Crippen LogP contribution in [0.5, 0.6) is 0 Å². The number of benzene rings is 2. The number of carbonyl (C=O) groups excluding carboxylic acids is 2. The Morgan fingerprint density at radius 1 is 1.13 bits per heavy atom. The van der Waals surface area contributed by atoms with Crippen LogP contribution in [0.25, 0.3) is 10.9 Å². The fourth-order valence-electron chi connectivity index (χ4n) is 4.45. The standard InChI is InChI=1S/C26H31N3O2/c1-17(2)12-13-27-25(31)26(5)16-28-21-9-7-6-8-20(21)15-23(28)24(30)29(26)22-14-18(3)10-11-19(22)4/h6-11,14-15,17H,12-13,16H2,1-5H3,(H,27,31)/t26-/m1/s1. The molecule has 0 fully saturated rings. The molecule has 0 saturated heterocycles. The largest absolute Gasteiger partial charge is 0.354 e. The van der Waals surface area contributed by atoms with Gasteiger partial charge in [-0.1, -0.05) is 44.2 Å². The third-order valence-corrected chi connectivity index (χ3v) is 6.29. The van der Waals surface area contributed by atoms with Crippen LogP contribution < -0.4 is 10.2 Å². The van der Waals surface area contributed by atoms with Crippen molar-refractivity contribution in [2.24, 2.45) is 5.92 Å². The topological polar surface area (TPSA) is 54.3 Å². The van der Waals surface area contributed by atoms with E-state index in [4.69, 9.17) is 0 Å². The van der Waals surface area contributed by atoms with Crippen LogP contribution in [0.1, 0.15) is 48.8 Å². The van der Waals surface area contributed by atoms with E-state index in [0.29, 0.717) is 24.7 Å². The highest BCUT2D eigenvalue weighted by atomic mass is 16.2. The lowest BCUT2D eigenvalue weighted by Gasteiger charge is -2.44. The van der Waals surface area contributed by atoms with Crippen molar-refractivity contribution in [1.29, 1.82) is 0 Å². The van der Waals surface area contributed by atoms with Crippen molar-refractivity contribution in [2.45, 2.75) is 53.1 Å². The van der Waals surface area contributed by atoms with Crippen molar-refractivity contribution in [1.82, 2.24) is 9.88 Å². The van der Waals surface area contributed by atoms with Gasteiger partial charge >= 0.3 is 0 Å². The van der Waals surface area contributed by atoms with E-state index in [2.05, 4.69) is 19.2 Å². The van der Waals surface area contributed by atoms with Gasteiger partial charge in [0.2, 0.25) is 5.91 Å². The minimum Gasteiger partial charge on any atom is -0.354 e. The van der Waals surface area contributed by atoms with Crippen LogP contribution in [0.3, 0.4) is 0 Å². The Bertz CT molecular complexity index is 1160. The van der Waals surface area contributed by atoms with Gasteiger partial charge in [-0.2, -0.15) is 0 Å². The summed E-state index contributed by atoms with van der Waals surface area (Å²) in [6.45, 7) is 11.2. The zero-order valence-electron chi connectivity index (χ0n) is 19.0. The molecule has 1 N–H and O–H groups in total. The van der Waals surface area contributed by atoms with E-state index in [-0.39, 0.29) is 11.8 Å². The maximum atomic E-state index is 13.9. The summed E-state index contributed by atoms with van der Waals surface area (Å²) in [5, 5.41) is 4.11. The molecule has 4 rings (SSSR count). The monoisotopic (exact) mass is 417 g/mol. The summed E-state index contributed by atoms with van der Waals surface area (Å²) in [4.78, 5) is 29.2. The third-order valence-electron chi connectivity index (χ3n) is 6.29. The fourth-order valence-corrected chi connectivity index (χ4v) is 4.45. The SMILES string of the molecule is Cc1ccc(C)c(N2C(=O)c3cc4ccccc4n3C[C@]2(C)C(=O)NCCC(C)C)c1. The van der Waals surface area contributed by atoms with E-state index in [1.54, 1.807) is 4.90 Å². The molecule has 2 heterocycles. The van der Waals surface area contributed by atoms with Crippen LogP contribution in [0.2, 0.25) is 0 Å². The molecule has 2 amide bonds. The Hall–Kier alpha value is -3.08. The number of rotatable bonds is 5. The van der Waals surface area contributed by atoms with E-state index in [1.165, 1.54) is 0 Å². The number of aromatic nitrogens is 1. The number of hydrogen-bond acceptors (Lipinski definition) is 2. The maximum Gasteiger partial charge on any atom is 0.275 e. The highest BCUT2D eigenvalue weighted by molar-refractivity contribution is 6.14. The number of carbonyl (C=O) groups is 2. The van der Waals surface area contributed by atoms with Gasteiger partial charge in [0.05, 0.1) is 6.54 Å². The lowest BCUT2D eigenvalue weighted by Crippen LogP contribution is -2.64. The average Bonchev–Trinajstić information content (AvgIpc) is 3.09. The van der Waals surface area contributed by atoms with Crippen LogP contribution in [-0.2, 0) is 11.3 Å². The van der Waals surface area contributed by atoms with Gasteiger partial charge < -0.3 is 9.88 Å². The molecular weight excluding hydrogens is 386 g/mol. The summed E-state index contributed by atoms with van der Waals surface area (Å²) in [6, 6.07) is 15.9. The first kappa shape index (κ1) is 21.2. The van der Waals surface area contributed by atoms with Gasteiger partial charge in [-0.3, -0.25) is 14.5 Å². The van der Waals surface area contributed by atoms with Crippen molar-refractivity contribution in [3.8, 4) is 0 Å². The molecule has 5 heteroatoms. The smallest absolute Gasteiger partial charge is 0.275 e. The van der Waals surface area contributed by atoms with Gasteiger partial charge in [-0.15, -0.1) is 0 Å². The minimum atomic E-state index is -1.04. The molecule has 0 spiro atoms. The lowest BCUT2D eigenvalue weighted by molar-refractivity contribution is -0.126. The Kier molecular flexibility index (Phi) is 5.38. The summed E-state index contributed by atoms with van der Waals surface area (Å²) < 4.78 is 2.00. The normalized spacial score (nSPS) is 18.5. The average molecular weight is 418 g/mol. The molecule has 0 radical (unpaired) electrons. The number of nitrogens with zero attached hydrogens (tertiary/aromatic N) is 2. The summed E-state index contributed by atoms with van der Waals surface area (Å²) in [6.07, 6.45) is 0.900. The maximum absolute atomic E-state index is 13.9. The van der Waals surface area contributed by atoms with E-state index >= 15 is 0 Å². The molecule has 0 saturated carbocycles. The molecule has 0 bridgehead atoms. The van der Waals surface area contributed by atoms with Crippen molar-refractivity contribution in [3.05, 3.63) is 65.4 Å². The number of nitrogens with one attached hydrogen (secondary N) is 1. The number of hydrogen-bond donors (Lipinski definition) is 1. The van der Waals surface area contributed by atoms with Gasteiger partial charge in [0.15, 0.2) is 0 Å². The number of aryl methyl sites for hydroxylation is 2. The predicted molar refractivity (Wildman–Crippen MR) is 126 cm³/mol. The minimum absolute atomic E-state index is 0.120. The molecule has 0 unspecified atom stereocenters. The van der Waals surface area contributed by atoms with E-state index in [0.717, 1.165) is 34.1 Å². The molecule has 1 aliphatic rings. The highest BCUT2D eigenvalue weighted by Crippen LogP contribution is 2.37. The van der Waals surface area contributed by atoms with Gasteiger partial charge in [-0.05, 0) is 62.4 Å². The number of fused-ring (bicyclic) bond motifs is 3. The van der Waals surface area contributed by atoms with E-state index in [9.17, 15) is 9.59 Å². The predicted octanol–water partition coefficient (Wildman–Crippen LogP) is 4.84. The lowest BCUT2D eigenvalue weighted by atomic mass is 9.92. The fraction of sp³-hybridized carbons (Fsp3) is 0.385. The second-order valence-electron chi connectivity index (χ2n) is 9.32. The zero-order chi connectivity index (χ0) is 22.3.